The highest BCUT2D eigenvalue weighted by Gasteiger charge is 2.30. The maximum absolute atomic E-state index is 11.3. The molecule has 0 saturated carbocycles. The number of hydrogen-bond donors (Lipinski definition) is 0. The molecule has 0 unspecified atom stereocenters. The van der Waals surface area contributed by atoms with Gasteiger partial charge in [0.05, 0.1) is 7.11 Å². The normalized spacial score (nSPS) is 13.5. The quantitative estimate of drug-likeness (QED) is 0.654. The van der Waals surface area contributed by atoms with Gasteiger partial charge < -0.3 is 0 Å². The molecule has 4 nitrogen and oxygen atoms in total. The molecule has 0 aromatic heterocycles. The summed E-state index contributed by atoms with van der Waals surface area (Å²) in [5, 5.41) is 0. The van der Waals surface area contributed by atoms with Crippen molar-refractivity contribution in [1.29, 1.82) is 0 Å². The first-order valence-electron chi connectivity index (χ1n) is 2.28. The SMILES string of the molecule is COS(=O)(=O)OCC(F)(F)F. The molecule has 0 aliphatic rings. The summed E-state index contributed by atoms with van der Waals surface area (Å²) in [5.41, 5.74) is 0. The smallest absolute Gasteiger partial charge is 0.252 e. The van der Waals surface area contributed by atoms with E-state index >= 15 is 0 Å². The van der Waals surface area contributed by atoms with Gasteiger partial charge in [0.2, 0.25) is 0 Å². The summed E-state index contributed by atoms with van der Waals surface area (Å²) in [6.45, 7) is -1.87. The van der Waals surface area contributed by atoms with Crippen molar-refractivity contribution in [2.75, 3.05) is 13.7 Å². The van der Waals surface area contributed by atoms with Crippen molar-refractivity contribution in [3.8, 4) is 0 Å². The van der Waals surface area contributed by atoms with Gasteiger partial charge in [0, 0.05) is 0 Å². The van der Waals surface area contributed by atoms with Crippen LogP contribution < -0.4 is 0 Å². The zero-order valence-electron chi connectivity index (χ0n) is 5.38. The van der Waals surface area contributed by atoms with Gasteiger partial charge in [-0.1, -0.05) is 0 Å². The molecule has 0 aliphatic heterocycles. The average molecular weight is 194 g/mol. The lowest BCUT2D eigenvalue weighted by atomic mass is 10.7. The third kappa shape index (κ3) is 6.07. The third-order valence-corrected chi connectivity index (χ3v) is 1.39. The lowest BCUT2D eigenvalue weighted by Crippen LogP contribution is -2.20. The molecule has 68 valence electrons. The molecule has 8 heteroatoms. The first-order valence-corrected chi connectivity index (χ1v) is 3.62. The molecule has 0 aliphatic carbocycles. The largest absolute Gasteiger partial charge is 0.413 e. The maximum atomic E-state index is 11.3. The zero-order valence-corrected chi connectivity index (χ0v) is 6.20. The van der Waals surface area contributed by atoms with Gasteiger partial charge in [-0.15, -0.1) is 0 Å². The van der Waals surface area contributed by atoms with Crippen LogP contribution in [0, 0.1) is 0 Å². The molecule has 0 saturated heterocycles. The number of hydrogen-bond acceptors (Lipinski definition) is 4. The Hall–Kier alpha value is -0.340. The van der Waals surface area contributed by atoms with Gasteiger partial charge in [-0.2, -0.15) is 21.6 Å². The molecule has 0 amide bonds. The first-order chi connectivity index (χ1) is 4.77. The van der Waals surface area contributed by atoms with Crippen LogP contribution in [0.3, 0.4) is 0 Å². The first kappa shape index (κ1) is 10.7. The number of rotatable bonds is 3. The van der Waals surface area contributed by atoms with Crippen LogP contribution >= 0.6 is 0 Å². The Kier molecular flexibility index (Phi) is 3.27. The lowest BCUT2D eigenvalue weighted by Gasteiger charge is -2.05. The molecule has 0 heterocycles. The van der Waals surface area contributed by atoms with E-state index in [2.05, 4.69) is 8.37 Å². The van der Waals surface area contributed by atoms with Crippen LogP contribution in [0.5, 0.6) is 0 Å². The minimum Gasteiger partial charge on any atom is -0.252 e. The van der Waals surface area contributed by atoms with Gasteiger partial charge in [0.25, 0.3) is 0 Å². The fourth-order valence-corrected chi connectivity index (χ4v) is 0.561. The van der Waals surface area contributed by atoms with Crippen molar-refractivity contribution in [3.05, 3.63) is 0 Å². The standard InChI is InChI=1S/C3H5F3O4S/c1-9-11(7,8)10-2-3(4,5)6/h2H2,1H3. The van der Waals surface area contributed by atoms with Gasteiger partial charge in [-0.25, -0.2) is 4.18 Å². The van der Waals surface area contributed by atoms with Crippen LogP contribution in [0.25, 0.3) is 0 Å². The Balaban J connectivity index is 3.91. The van der Waals surface area contributed by atoms with Crippen LogP contribution in [0.4, 0.5) is 13.2 Å². The summed E-state index contributed by atoms with van der Waals surface area (Å²) in [5.74, 6) is 0. The van der Waals surface area contributed by atoms with E-state index in [0.29, 0.717) is 7.11 Å². The van der Waals surface area contributed by atoms with E-state index in [9.17, 15) is 21.6 Å². The fourth-order valence-electron chi connectivity index (χ4n) is 0.187. The van der Waals surface area contributed by atoms with Crippen molar-refractivity contribution in [2.45, 2.75) is 6.18 Å². The van der Waals surface area contributed by atoms with E-state index in [1.54, 1.807) is 0 Å². The lowest BCUT2D eigenvalue weighted by molar-refractivity contribution is -0.154. The highest BCUT2D eigenvalue weighted by Crippen LogP contribution is 2.15. The molecule has 0 radical (unpaired) electrons. The molecule has 0 spiro atoms. The summed E-state index contributed by atoms with van der Waals surface area (Å²) in [6, 6.07) is 0. The highest BCUT2D eigenvalue weighted by molar-refractivity contribution is 7.81. The molecule has 0 aromatic rings. The topological polar surface area (TPSA) is 52.6 Å². The summed E-state index contributed by atoms with van der Waals surface area (Å²) in [4.78, 5) is 0. The zero-order chi connectivity index (χ0) is 9.12. The Morgan fingerprint density at radius 2 is 1.82 bits per heavy atom. The predicted molar refractivity (Wildman–Crippen MR) is 27.9 cm³/mol. The second-order valence-corrected chi connectivity index (χ2v) is 2.84. The molecule has 0 N–H and O–H groups in total. The van der Waals surface area contributed by atoms with Crippen LogP contribution in [-0.4, -0.2) is 28.3 Å². The van der Waals surface area contributed by atoms with Gasteiger partial charge >= 0.3 is 16.6 Å². The molecular weight excluding hydrogens is 189 g/mol. The monoisotopic (exact) mass is 194 g/mol. The van der Waals surface area contributed by atoms with Crippen molar-refractivity contribution in [2.24, 2.45) is 0 Å². The molecule has 11 heavy (non-hydrogen) atoms. The van der Waals surface area contributed by atoms with Crippen molar-refractivity contribution < 1.29 is 30.0 Å². The van der Waals surface area contributed by atoms with Crippen LogP contribution in [0.2, 0.25) is 0 Å². The maximum Gasteiger partial charge on any atom is 0.413 e. The summed E-state index contributed by atoms with van der Waals surface area (Å²) in [6.07, 6.45) is -4.68. The third-order valence-electron chi connectivity index (χ3n) is 0.571. The van der Waals surface area contributed by atoms with E-state index in [4.69, 9.17) is 0 Å². The molecule has 0 bridgehead atoms. The second-order valence-electron chi connectivity index (χ2n) is 1.45. The van der Waals surface area contributed by atoms with Gasteiger partial charge in [-0.3, -0.25) is 4.18 Å². The molecule has 0 aromatic carbocycles. The van der Waals surface area contributed by atoms with Crippen LogP contribution in [0.15, 0.2) is 0 Å². The number of alkyl halides is 3. The Bertz CT molecular complexity index is 205. The highest BCUT2D eigenvalue weighted by atomic mass is 32.3. The molecule has 0 fully saturated rings. The second kappa shape index (κ2) is 3.37. The van der Waals surface area contributed by atoms with Gasteiger partial charge in [-0.05, 0) is 0 Å². The Labute approximate surface area is 61.2 Å². The minimum absolute atomic E-state index is 0.700. The fraction of sp³-hybridized carbons (Fsp3) is 1.00. The Morgan fingerprint density at radius 3 is 2.09 bits per heavy atom. The average Bonchev–Trinajstić information content (AvgIpc) is 1.83. The van der Waals surface area contributed by atoms with Crippen LogP contribution in [-0.2, 0) is 18.8 Å². The van der Waals surface area contributed by atoms with E-state index in [-0.39, 0.29) is 0 Å². The molecule has 0 rings (SSSR count). The molecular formula is C3H5F3O4S. The van der Waals surface area contributed by atoms with E-state index < -0.39 is 23.2 Å². The summed E-state index contributed by atoms with van der Waals surface area (Å²) >= 11 is 0. The van der Waals surface area contributed by atoms with Crippen molar-refractivity contribution in [1.82, 2.24) is 0 Å². The van der Waals surface area contributed by atoms with Gasteiger partial charge in [0.1, 0.15) is 0 Å². The van der Waals surface area contributed by atoms with Crippen molar-refractivity contribution >= 4 is 10.4 Å². The van der Waals surface area contributed by atoms with Gasteiger partial charge in [0.15, 0.2) is 6.61 Å². The van der Waals surface area contributed by atoms with Crippen LogP contribution in [0.1, 0.15) is 0 Å². The summed E-state index contributed by atoms with van der Waals surface area (Å²) < 4.78 is 61.0. The van der Waals surface area contributed by atoms with E-state index in [1.165, 1.54) is 0 Å². The predicted octanol–water partition coefficient (Wildman–Crippen LogP) is 0.457. The van der Waals surface area contributed by atoms with E-state index in [0.717, 1.165) is 0 Å². The van der Waals surface area contributed by atoms with E-state index in [1.807, 2.05) is 0 Å². The Morgan fingerprint density at radius 1 is 1.36 bits per heavy atom. The minimum atomic E-state index is -4.68. The van der Waals surface area contributed by atoms with Crippen molar-refractivity contribution in [3.63, 3.8) is 0 Å². The number of halogens is 3. The molecule has 0 atom stereocenters. The summed E-state index contributed by atoms with van der Waals surface area (Å²) in [7, 11) is -3.77.